The molecule has 0 spiro atoms. The predicted octanol–water partition coefficient (Wildman–Crippen LogP) is 4.28. The summed E-state index contributed by atoms with van der Waals surface area (Å²) < 4.78 is 31.0. The van der Waals surface area contributed by atoms with Gasteiger partial charge in [-0.2, -0.15) is 4.98 Å². The van der Waals surface area contributed by atoms with Gasteiger partial charge in [-0.25, -0.2) is 9.18 Å². The van der Waals surface area contributed by atoms with Crippen LogP contribution in [0.3, 0.4) is 0 Å². The highest BCUT2D eigenvalue weighted by molar-refractivity contribution is 6.30. The van der Waals surface area contributed by atoms with E-state index in [0.29, 0.717) is 42.8 Å². The summed E-state index contributed by atoms with van der Waals surface area (Å²) in [6.07, 6.45) is -0.326. The molecule has 2 aliphatic heterocycles. The van der Waals surface area contributed by atoms with Gasteiger partial charge in [-0.15, -0.1) is 0 Å². The number of carbonyl (C=O) groups excluding carboxylic acids is 1. The Kier molecular flexibility index (Phi) is 6.44. The molecule has 2 aliphatic rings. The number of pyridine rings is 1. The van der Waals surface area contributed by atoms with Crippen molar-refractivity contribution < 1.29 is 23.4 Å². The van der Waals surface area contributed by atoms with Crippen LogP contribution in [0.4, 0.5) is 15.0 Å². The molecular weight excluding hydrogens is 437 g/mol. The number of hydrogen-bond donors (Lipinski definition) is 0. The lowest BCUT2D eigenvalue weighted by Crippen LogP contribution is -2.61. The quantitative estimate of drug-likeness (QED) is 0.674. The van der Waals surface area contributed by atoms with Gasteiger partial charge in [-0.3, -0.25) is 4.90 Å². The number of aromatic nitrogens is 1. The average Bonchev–Trinajstić information content (AvgIpc) is 3.21. The number of fused-ring (bicyclic) bond motifs is 1. The molecule has 3 heterocycles. The van der Waals surface area contributed by atoms with E-state index >= 15 is 0 Å². The number of benzene rings is 1. The molecule has 7 nitrogen and oxygen atoms in total. The van der Waals surface area contributed by atoms with Gasteiger partial charge in [0.15, 0.2) is 0 Å². The zero-order chi connectivity index (χ0) is 22.9. The molecule has 0 aliphatic carbocycles. The number of hydrogen-bond acceptors (Lipinski definition) is 6. The normalized spacial score (nSPS) is 20.8. The van der Waals surface area contributed by atoms with Crippen molar-refractivity contribution in [2.24, 2.45) is 0 Å². The molecule has 32 heavy (non-hydrogen) atoms. The van der Waals surface area contributed by atoms with E-state index in [1.54, 1.807) is 23.1 Å². The van der Waals surface area contributed by atoms with Crippen molar-refractivity contribution in [3.05, 3.63) is 52.8 Å². The second kappa shape index (κ2) is 9.11. The molecule has 1 aromatic carbocycles. The SMILES string of the molecule is CC(C)(C)OC(=O)N1CCN(c2cccc(OCc3ccc(Cl)cc3F)n2)[C@H]2COC[C@H]21. The van der Waals surface area contributed by atoms with E-state index in [1.165, 1.54) is 6.07 Å². The second-order valence-electron chi connectivity index (χ2n) is 8.90. The number of nitrogens with zero attached hydrogens (tertiary/aromatic N) is 3. The summed E-state index contributed by atoms with van der Waals surface area (Å²) in [5.41, 5.74) is -0.156. The van der Waals surface area contributed by atoms with E-state index in [4.69, 9.17) is 25.8 Å². The van der Waals surface area contributed by atoms with Crippen molar-refractivity contribution in [2.45, 2.75) is 45.1 Å². The molecule has 0 radical (unpaired) electrons. The number of rotatable bonds is 4. The first kappa shape index (κ1) is 22.6. The van der Waals surface area contributed by atoms with Crippen molar-refractivity contribution >= 4 is 23.5 Å². The Morgan fingerprint density at radius 1 is 1.22 bits per heavy atom. The fraction of sp³-hybridized carbons (Fsp3) is 0.478. The maximum Gasteiger partial charge on any atom is 0.410 e. The highest BCUT2D eigenvalue weighted by Gasteiger charge is 2.44. The Bertz CT molecular complexity index is 984. The molecule has 9 heteroatoms. The highest BCUT2D eigenvalue weighted by Crippen LogP contribution is 2.29. The van der Waals surface area contributed by atoms with Crippen LogP contribution in [0.25, 0.3) is 0 Å². The standard InChI is InChI=1S/C23H27ClFN3O4/c1-23(2,3)32-22(29)28-10-9-27(18-13-30-14-19(18)28)20-5-4-6-21(26-20)31-12-15-7-8-16(24)11-17(15)25/h4-8,11,18-19H,9-10,12-14H2,1-3H3/t18-,19+/m0/s1. The summed E-state index contributed by atoms with van der Waals surface area (Å²) in [7, 11) is 0. The predicted molar refractivity (Wildman–Crippen MR) is 119 cm³/mol. The Balaban J connectivity index is 1.46. The molecule has 2 fully saturated rings. The average molecular weight is 464 g/mol. The van der Waals surface area contributed by atoms with Crippen LogP contribution in [0.5, 0.6) is 5.88 Å². The maximum atomic E-state index is 14.0. The summed E-state index contributed by atoms with van der Waals surface area (Å²) in [5.74, 6) is 0.697. The monoisotopic (exact) mass is 463 g/mol. The van der Waals surface area contributed by atoms with Crippen LogP contribution >= 0.6 is 11.6 Å². The van der Waals surface area contributed by atoms with Gasteiger partial charge in [0.2, 0.25) is 5.88 Å². The van der Waals surface area contributed by atoms with Gasteiger partial charge in [0.25, 0.3) is 0 Å². The van der Waals surface area contributed by atoms with Crippen molar-refractivity contribution in [3.8, 4) is 5.88 Å². The van der Waals surface area contributed by atoms with Crippen LogP contribution < -0.4 is 9.64 Å². The van der Waals surface area contributed by atoms with Crippen molar-refractivity contribution in [2.75, 3.05) is 31.2 Å². The molecule has 1 aromatic heterocycles. The molecule has 0 N–H and O–H groups in total. The Hall–Kier alpha value is -2.58. The Labute approximate surface area is 192 Å². The second-order valence-corrected chi connectivity index (χ2v) is 9.33. The molecule has 0 bridgehead atoms. The molecule has 2 saturated heterocycles. The van der Waals surface area contributed by atoms with Gasteiger partial charge in [0, 0.05) is 29.7 Å². The van der Waals surface area contributed by atoms with Crippen molar-refractivity contribution in [1.29, 1.82) is 0 Å². The lowest BCUT2D eigenvalue weighted by Gasteiger charge is -2.44. The number of carbonyl (C=O) groups is 1. The zero-order valence-corrected chi connectivity index (χ0v) is 19.1. The van der Waals surface area contributed by atoms with Crippen LogP contribution in [0.1, 0.15) is 26.3 Å². The van der Waals surface area contributed by atoms with Crippen LogP contribution in [0, 0.1) is 5.82 Å². The number of ether oxygens (including phenoxy) is 3. The fourth-order valence-electron chi connectivity index (χ4n) is 3.94. The minimum Gasteiger partial charge on any atom is -0.473 e. The number of amides is 1. The summed E-state index contributed by atoms with van der Waals surface area (Å²) >= 11 is 5.81. The van der Waals surface area contributed by atoms with Gasteiger partial charge in [-0.1, -0.05) is 23.7 Å². The van der Waals surface area contributed by atoms with Crippen LogP contribution in [0.15, 0.2) is 36.4 Å². The van der Waals surface area contributed by atoms with E-state index < -0.39 is 11.4 Å². The first-order valence-corrected chi connectivity index (χ1v) is 11.0. The number of anilines is 1. The third-order valence-electron chi connectivity index (χ3n) is 5.43. The summed E-state index contributed by atoms with van der Waals surface area (Å²) in [6, 6.07) is 9.80. The number of halogens is 2. The van der Waals surface area contributed by atoms with E-state index in [0.717, 1.165) is 5.82 Å². The fourth-order valence-corrected chi connectivity index (χ4v) is 4.10. The first-order valence-electron chi connectivity index (χ1n) is 10.6. The molecule has 4 rings (SSSR count). The molecule has 2 atom stereocenters. The van der Waals surface area contributed by atoms with Gasteiger partial charge in [0.05, 0.1) is 25.3 Å². The Morgan fingerprint density at radius 2 is 2.00 bits per heavy atom. The van der Waals surface area contributed by atoms with E-state index in [9.17, 15) is 9.18 Å². The van der Waals surface area contributed by atoms with Crippen molar-refractivity contribution in [1.82, 2.24) is 9.88 Å². The van der Waals surface area contributed by atoms with Gasteiger partial charge < -0.3 is 19.1 Å². The minimum atomic E-state index is -0.556. The van der Waals surface area contributed by atoms with Crippen LogP contribution in [0.2, 0.25) is 5.02 Å². The molecule has 0 unspecified atom stereocenters. The lowest BCUT2D eigenvalue weighted by molar-refractivity contribution is 0.0109. The van der Waals surface area contributed by atoms with Gasteiger partial charge in [0.1, 0.15) is 23.8 Å². The number of piperazine rings is 1. The van der Waals surface area contributed by atoms with E-state index in [2.05, 4.69) is 9.88 Å². The summed E-state index contributed by atoms with van der Waals surface area (Å²) in [5, 5.41) is 0.338. The maximum absolute atomic E-state index is 14.0. The van der Waals surface area contributed by atoms with Crippen molar-refractivity contribution in [3.63, 3.8) is 0 Å². The molecular formula is C23H27ClFN3O4. The molecule has 0 saturated carbocycles. The van der Waals surface area contributed by atoms with E-state index in [1.807, 2.05) is 32.9 Å². The highest BCUT2D eigenvalue weighted by atomic mass is 35.5. The lowest BCUT2D eigenvalue weighted by atomic mass is 10.1. The topological polar surface area (TPSA) is 64.1 Å². The summed E-state index contributed by atoms with van der Waals surface area (Å²) in [4.78, 5) is 21.2. The third kappa shape index (κ3) is 5.07. The molecule has 1 amide bonds. The van der Waals surface area contributed by atoms with Gasteiger partial charge >= 0.3 is 6.09 Å². The van der Waals surface area contributed by atoms with Gasteiger partial charge in [-0.05, 0) is 39.0 Å². The van der Waals surface area contributed by atoms with Crippen LogP contribution in [-0.2, 0) is 16.1 Å². The molecule has 172 valence electrons. The Morgan fingerprint density at radius 3 is 2.75 bits per heavy atom. The minimum absolute atomic E-state index is 0.0345. The first-order chi connectivity index (χ1) is 15.2. The molecule has 2 aromatic rings. The smallest absolute Gasteiger partial charge is 0.410 e. The van der Waals surface area contributed by atoms with E-state index in [-0.39, 0.29) is 24.8 Å². The van der Waals surface area contributed by atoms with Crippen LogP contribution in [-0.4, -0.2) is 60.0 Å². The largest absolute Gasteiger partial charge is 0.473 e. The summed E-state index contributed by atoms with van der Waals surface area (Å²) in [6.45, 7) is 7.65. The zero-order valence-electron chi connectivity index (χ0n) is 18.4. The third-order valence-corrected chi connectivity index (χ3v) is 5.66.